The molecule has 1 heterocycles. The van der Waals surface area contributed by atoms with Crippen LogP contribution in [0.4, 0.5) is 0 Å². The van der Waals surface area contributed by atoms with Gasteiger partial charge in [-0.15, -0.1) is 0 Å². The number of hydrogen-bond donors (Lipinski definition) is 0. The second-order valence-electron chi connectivity index (χ2n) is 6.02. The highest BCUT2D eigenvalue weighted by Gasteiger charge is 2.26. The first kappa shape index (κ1) is 18.7. The second kappa shape index (κ2) is 7.29. The fourth-order valence-corrected chi connectivity index (χ4v) is 4.67. The Hall–Kier alpha value is -2.05. The molecule has 0 atom stereocenters. The molecule has 0 spiro atoms. The molecule has 0 aliphatic rings. The molecule has 26 heavy (non-hydrogen) atoms. The molecule has 2 aromatic carbocycles. The number of benzene rings is 2. The van der Waals surface area contributed by atoms with Gasteiger partial charge in [-0.1, -0.05) is 45.8 Å². The number of ether oxygens (including phenoxy) is 1. The lowest BCUT2D eigenvalue weighted by Gasteiger charge is -2.14. The number of hydrogen-bond acceptors (Lipinski definition) is 3. The summed E-state index contributed by atoms with van der Waals surface area (Å²) in [5.41, 5.74) is 2.93. The summed E-state index contributed by atoms with van der Waals surface area (Å²) in [5.74, 6) is 0.558. The summed E-state index contributed by atoms with van der Waals surface area (Å²) in [4.78, 5) is 0.253. The third-order valence-electron chi connectivity index (χ3n) is 4.07. The van der Waals surface area contributed by atoms with Crippen molar-refractivity contribution in [3.05, 3.63) is 70.3 Å². The van der Waals surface area contributed by atoms with Crippen molar-refractivity contribution < 1.29 is 13.2 Å². The van der Waals surface area contributed by atoms with Crippen molar-refractivity contribution in [1.82, 2.24) is 3.97 Å². The predicted octanol–water partition coefficient (Wildman–Crippen LogP) is 5.17. The number of nitrogens with zero attached hydrogens (tertiary/aromatic N) is 1. The number of rotatable bonds is 5. The van der Waals surface area contributed by atoms with Gasteiger partial charge in [0.15, 0.2) is 0 Å². The van der Waals surface area contributed by atoms with Gasteiger partial charge in [-0.2, -0.15) is 0 Å². The highest BCUT2D eigenvalue weighted by atomic mass is 79.9. The molecule has 0 radical (unpaired) electrons. The van der Waals surface area contributed by atoms with Gasteiger partial charge < -0.3 is 4.74 Å². The van der Waals surface area contributed by atoms with Crippen LogP contribution in [0.2, 0.25) is 0 Å². The molecule has 0 saturated heterocycles. The summed E-state index contributed by atoms with van der Waals surface area (Å²) < 4.78 is 34.7. The molecule has 0 fully saturated rings. The van der Waals surface area contributed by atoms with Crippen molar-refractivity contribution in [3.63, 3.8) is 0 Å². The summed E-state index contributed by atoms with van der Waals surface area (Å²) in [6, 6.07) is 16.2. The van der Waals surface area contributed by atoms with Gasteiger partial charge in [-0.25, -0.2) is 12.4 Å². The van der Waals surface area contributed by atoms with E-state index >= 15 is 0 Å². The molecule has 0 aliphatic heterocycles. The molecule has 0 unspecified atom stereocenters. The Morgan fingerprint density at radius 3 is 2.19 bits per heavy atom. The van der Waals surface area contributed by atoms with Crippen LogP contribution in [-0.2, 0) is 10.0 Å². The minimum absolute atomic E-state index is 0.253. The van der Waals surface area contributed by atoms with Crippen LogP contribution in [0, 0.1) is 13.8 Å². The Bertz CT molecular complexity index is 1020. The average Bonchev–Trinajstić information content (AvgIpc) is 2.93. The Morgan fingerprint density at radius 2 is 1.62 bits per heavy atom. The summed E-state index contributed by atoms with van der Waals surface area (Å²) in [7, 11) is -3.75. The van der Waals surface area contributed by atoms with E-state index in [1.807, 2.05) is 38.1 Å². The van der Waals surface area contributed by atoms with E-state index in [0.29, 0.717) is 23.7 Å². The van der Waals surface area contributed by atoms with Crippen molar-refractivity contribution in [2.75, 3.05) is 6.61 Å². The van der Waals surface area contributed by atoms with Crippen molar-refractivity contribution in [2.45, 2.75) is 25.7 Å². The Balaban J connectivity index is 2.26. The van der Waals surface area contributed by atoms with Gasteiger partial charge in [0.2, 0.25) is 0 Å². The molecule has 6 heteroatoms. The first-order valence-electron chi connectivity index (χ1n) is 8.28. The average molecular weight is 434 g/mol. The number of aromatic nitrogens is 1. The molecule has 1 aromatic heterocycles. The minimum Gasteiger partial charge on any atom is -0.492 e. The smallest absolute Gasteiger partial charge is 0.268 e. The van der Waals surface area contributed by atoms with E-state index in [0.717, 1.165) is 15.6 Å². The molecule has 4 nitrogen and oxygen atoms in total. The monoisotopic (exact) mass is 433 g/mol. The van der Waals surface area contributed by atoms with Crippen LogP contribution in [0.3, 0.4) is 0 Å². The lowest BCUT2D eigenvalue weighted by atomic mass is 10.1. The van der Waals surface area contributed by atoms with E-state index in [4.69, 9.17) is 4.74 Å². The standard InChI is InChI=1S/C20H20BrNO3S/c1-4-25-19-13-15(3)22(20(19)16-7-9-17(21)10-8-16)26(23,24)18-11-5-14(2)6-12-18/h5-13H,4H2,1-3H3. The van der Waals surface area contributed by atoms with Crippen LogP contribution in [0.15, 0.2) is 64.0 Å². The van der Waals surface area contributed by atoms with Gasteiger partial charge in [0.1, 0.15) is 11.4 Å². The first-order chi connectivity index (χ1) is 12.3. The van der Waals surface area contributed by atoms with E-state index in [9.17, 15) is 8.42 Å². The van der Waals surface area contributed by atoms with E-state index in [2.05, 4.69) is 15.9 Å². The fourth-order valence-electron chi connectivity index (χ4n) is 2.85. The zero-order valence-corrected chi connectivity index (χ0v) is 17.3. The van der Waals surface area contributed by atoms with Crippen molar-refractivity contribution in [3.8, 4) is 17.0 Å². The van der Waals surface area contributed by atoms with Crippen LogP contribution in [0.5, 0.6) is 5.75 Å². The molecule has 0 aliphatic carbocycles. The lowest BCUT2D eigenvalue weighted by molar-refractivity contribution is 0.342. The Labute approximate surface area is 162 Å². The Morgan fingerprint density at radius 1 is 1.00 bits per heavy atom. The zero-order chi connectivity index (χ0) is 18.9. The molecule has 3 aromatic rings. The third kappa shape index (κ3) is 3.44. The van der Waals surface area contributed by atoms with Crippen LogP contribution in [0.1, 0.15) is 18.2 Å². The van der Waals surface area contributed by atoms with Crippen molar-refractivity contribution >= 4 is 26.0 Å². The largest absolute Gasteiger partial charge is 0.492 e. The Kier molecular flexibility index (Phi) is 5.25. The summed E-state index contributed by atoms with van der Waals surface area (Å²) in [6.07, 6.45) is 0. The summed E-state index contributed by atoms with van der Waals surface area (Å²) >= 11 is 3.42. The van der Waals surface area contributed by atoms with Crippen molar-refractivity contribution in [1.29, 1.82) is 0 Å². The first-order valence-corrected chi connectivity index (χ1v) is 10.5. The second-order valence-corrected chi connectivity index (χ2v) is 8.72. The summed E-state index contributed by atoms with van der Waals surface area (Å²) in [6.45, 7) is 6.04. The van der Waals surface area contributed by atoms with Gasteiger partial charge >= 0.3 is 0 Å². The van der Waals surface area contributed by atoms with Gasteiger partial charge in [0.05, 0.1) is 11.5 Å². The molecule has 0 saturated carbocycles. The van der Waals surface area contributed by atoms with Crippen LogP contribution in [0.25, 0.3) is 11.3 Å². The van der Waals surface area contributed by atoms with E-state index < -0.39 is 10.0 Å². The highest BCUT2D eigenvalue weighted by molar-refractivity contribution is 9.10. The maximum atomic E-state index is 13.3. The van der Waals surface area contributed by atoms with Crippen LogP contribution in [-0.4, -0.2) is 19.0 Å². The quantitative estimate of drug-likeness (QED) is 0.557. The van der Waals surface area contributed by atoms with Gasteiger partial charge in [0, 0.05) is 21.8 Å². The molecule has 0 N–H and O–H groups in total. The molecule has 136 valence electrons. The normalized spacial score (nSPS) is 11.5. The maximum absolute atomic E-state index is 13.3. The van der Waals surface area contributed by atoms with Gasteiger partial charge in [-0.3, -0.25) is 0 Å². The molecular formula is C20H20BrNO3S. The fraction of sp³-hybridized carbons (Fsp3) is 0.200. The predicted molar refractivity (Wildman–Crippen MR) is 107 cm³/mol. The van der Waals surface area contributed by atoms with E-state index in [-0.39, 0.29) is 4.90 Å². The molecule has 3 rings (SSSR count). The van der Waals surface area contributed by atoms with Crippen molar-refractivity contribution in [2.24, 2.45) is 0 Å². The lowest BCUT2D eigenvalue weighted by Crippen LogP contribution is -2.15. The van der Waals surface area contributed by atoms with Gasteiger partial charge in [-0.05, 0) is 45.0 Å². The van der Waals surface area contributed by atoms with E-state index in [1.165, 1.54) is 3.97 Å². The topological polar surface area (TPSA) is 48.3 Å². The van der Waals surface area contributed by atoms with Crippen LogP contribution >= 0.6 is 15.9 Å². The molecule has 0 amide bonds. The van der Waals surface area contributed by atoms with E-state index in [1.54, 1.807) is 37.3 Å². The van der Waals surface area contributed by atoms with Crippen LogP contribution < -0.4 is 4.74 Å². The molecule has 0 bridgehead atoms. The SMILES string of the molecule is CCOc1cc(C)n(S(=O)(=O)c2ccc(C)cc2)c1-c1ccc(Br)cc1. The minimum atomic E-state index is -3.75. The maximum Gasteiger partial charge on any atom is 0.268 e. The van der Waals surface area contributed by atoms with Gasteiger partial charge in [0.25, 0.3) is 10.0 Å². The molecular weight excluding hydrogens is 414 g/mol. The summed E-state index contributed by atoms with van der Waals surface area (Å²) in [5, 5.41) is 0. The zero-order valence-electron chi connectivity index (χ0n) is 14.9. The third-order valence-corrected chi connectivity index (χ3v) is 6.42. The number of aryl methyl sites for hydroxylation is 2. The number of halogens is 1. The highest BCUT2D eigenvalue weighted by Crippen LogP contribution is 2.37.